The van der Waals surface area contributed by atoms with Gasteiger partial charge in [-0.05, 0) is 31.5 Å². The number of carbonyl (C=O) groups is 1. The number of amides is 1. The molecule has 1 aromatic carbocycles. The van der Waals surface area contributed by atoms with E-state index in [1.165, 1.54) is 30.2 Å². The predicted octanol–water partition coefficient (Wildman–Crippen LogP) is 3.49. The molecule has 0 aliphatic rings. The second-order valence-electron chi connectivity index (χ2n) is 6.08. The highest BCUT2D eigenvalue weighted by Crippen LogP contribution is 2.29. The third kappa shape index (κ3) is 4.31. The summed E-state index contributed by atoms with van der Waals surface area (Å²) in [6.45, 7) is 3.91. The molecule has 1 amide bonds. The van der Waals surface area contributed by atoms with Crippen LogP contribution in [0.5, 0.6) is 11.5 Å². The van der Waals surface area contributed by atoms with Gasteiger partial charge in [0.15, 0.2) is 0 Å². The summed E-state index contributed by atoms with van der Waals surface area (Å²) in [4.78, 5) is 33.7. The number of methoxy groups -OCH3 is 2. The Morgan fingerprint density at radius 1 is 1.29 bits per heavy atom. The molecule has 3 aromatic rings. The number of anilines is 1. The molecule has 0 spiro atoms. The summed E-state index contributed by atoms with van der Waals surface area (Å²) in [5.74, 6) is 2.23. The van der Waals surface area contributed by atoms with Crippen LogP contribution in [0.2, 0.25) is 0 Å². The van der Waals surface area contributed by atoms with Crippen LogP contribution in [0.3, 0.4) is 0 Å². The highest BCUT2D eigenvalue weighted by atomic mass is 32.2. The molecular weight excluding hydrogens is 398 g/mol. The van der Waals surface area contributed by atoms with Gasteiger partial charge in [0, 0.05) is 10.9 Å². The molecule has 0 saturated carbocycles. The average Bonchev–Trinajstić information content (AvgIpc) is 2.96. The second kappa shape index (κ2) is 8.66. The largest absolute Gasteiger partial charge is 0.497 e. The van der Waals surface area contributed by atoms with Gasteiger partial charge < -0.3 is 19.8 Å². The first-order valence-electron chi connectivity index (χ1n) is 8.51. The number of hydrogen-bond donors (Lipinski definition) is 2. The molecule has 0 atom stereocenters. The summed E-state index contributed by atoms with van der Waals surface area (Å²) >= 11 is 2.89. The Bertz CT molecular complexity index is 1070. The summed E-state index contributed by atoms with van der Waals surface area (Å²) < 4.78 is 10.4. The van der Waals surface area contributed by atoms with Crippen molar-refractivity contribution in [2.75, 3.05) is 25.3 Å². The minimum absolute atomic E-state index is 0.130. The number of aryl methyl sites for hydroxylation is 2. The fraction of sp³-hybridized carbons (Fsp3) is 0.316. The molecule has 0 fully saturated rings. The van der Waals surface area contributed by atoms with Crippen LogP contribution in [0.25, 0.3) is 10.2 Å². The molecule has 0 aliphatic heterocycles. The fourth-order valence-corrected chi connectivity index (χ4v) is 4.43. The van der Waals surface area contributed by atoms with Crippen LogP contribution in [0, 0.1) is 13.8 Å². The number of benzene rings is 1. The van der Waals surface area contributed by atoms with E-state index in [-0.39, 0.29) is 17.2 Å². The van der Waals surface area contributed by atoms with E-state index in [0.717, 1.165) is 15.3 Å². The normalized spacial score (nSPS) is 10.9. The number of aromatic nitrogens is 2. The number of thiophene rings is 1. The Kier molecular flexibility index (Phi) is 6.25. The Morgan fingerprint density at radius 3 is 2.79 bits per heavy atom. The first-order valence-corrected chi connectivity index (χ1v) is 10.5. The lowest BCUT2D eigenvalue weighted by Crippen LogP contribution is -2.16. The summed E-state index contributed by atoms with van der Waals surface area (Å²) in [6, 6.07) is 5.19. The number of aromatic amines is 1. The third-order valence-electron chi connectivity index (χ3n) is 4.24. The number of ether oxygens (including phenoxy) is 2. The van der Waals surface area contributed by atoms with Crippen molar-refractivity contribution in [3.63, 3.8) is 0 Å². The van der Waals surface area contributed by atoms with E-state index in [1.54, 1.807) is 25.3 Å². The van der Waals surface area contributed by atoms with E-state index in [2.05, 4.69) is 15.3 Å². The Morgan fingerprint density at radius 2 is 2.07 bits per heavy atom. The molecule has 0 aliphatic carbocycles. The average molecular weight is 420 g/mol. The lowest BCUT2D eigenvalue weighted by molar-refractivity contribution is -0.113. The number of nitrogens with zero attached hydrogens (tertiary/aromatic N) is 1. The summed E-state index contributed by atoms with van der Waals surface area (Å²) in [5.41, 5.74) is 1.42. The van der Waals surface area contributed by atoms with Gasteiger partial charge in [0.05, 0.1) is 36.8 Å². The first-order chi connectivity index (χ1) is 13.4. The van der Waals surface area contributed by atoms with Gasteiger partial charge in [-0.2, -0.15) is 0 Å². The van der Waals surface area contributed by atoms with Crippen LogP contribution in [0.15, 0.2) is 23.0 Å². The van der Waals surface area contributed by atoms with Crippen molar-refractivity contribution in [2.45, 2.75) is 19.6 Å². The minimum atomic E-state index is -0.167. The predicted molar refractivity (Wildman–Crippen MR) is 114 cm³/mol. The highest BCUT2D eigenvalue weighted by molar-refractivity contribution is 7.99. The number of nitrogens with one attached hydrogen (secondary N) is 2. The molecule has 0 bridgehead atoms. The summed E-state index contributed by atoms with van der Waals surface area (Å²) in [6.07, 6.45) is 0. The van der Waals surface area contributed by atoms with Crippen LogP contribution in [-0.2, 0) is 10.5 Å². The number of thioether (sulfide) groups is 1. The molecule has 0 saturated heterocycles. The van der Waals surface area contributed by atoms with Crippen LogP contribution >= 0.6 is 23.1 Å². The smallest absolute Gasteiger partial charge is 0.259 e. The van der Waals surface area contributed by atoms with Gasteiger partial charge in [-0.15, -0.1) is 23.1 Å². The molecule has 2 N–H and O–H groups in total. The zero-order chi connectivity index (χ0) is 20.3. The molecule has 3 rings (SSSR count). The van der Waals surface area contributed by atoms with E-state index >= 15 is 0 Å². The van der Waals surface area contributed by atoms with Gasteiger partial charge in [0.25, 0.3) is 5.56 Å². The van der Waals surface area contributed by atoms with Crippen LogP contribution in [0.1, 0.15) is 16.3 Å². The lowest BCUT2D eigenvalue weighted by Gasteiger charge is -2.11. The van der Waals surface area contributed by atoms with E-state index < -0.39 is 0 Å². The van der Waals surface area contributed by atoms with Gasteiger partial charge in [-0.3, -0.25) is 9.59 Å². The van der Waals surface area contributed by atoms with Crippen molar-refractivity contribution in [2.24, 2.45) is 0 Å². The molecule has 28 heavy (non-hydrogen) atoms. The van der Waals surface area contributed by atoms with Crippen molar-refractivity contribution in [3.05, 3.63) is 44.8 Å². The molecule has 7 nitrogen and oxygen atoms in total. The topological polar surface area (TPSA) is 93.3 Å². The van der Waals surface area contributed by atoms with E-state index in [4.69, 9.17) is 9.47 Å². The van der Waals surface area contributed by atoms with E-state index in [9.17, 15) is 9.59 Å². The molecule has 2 heterocycles. The maximum atomic E-state index is 12.3. The molecular formula is C19H21N3O4S2. The van der Waals surface area contributed by atoms with Gasteiger partial charge in [-0.1, -0.05) is 0 Å². The van der Waals surface area contributed by atoms with Crippen LogP contribution in [0.4, 0.5) is 5.69 Å². The molecule has 9 heteroatoms. The van der Waals surface area contributed by atoms with Crippen molar-refractivity contribution >= 4 is 44.9 Å². The zero-order valence-corrected chi connectivity index (χ0v) is 17.7. The number of rotatable bonds is 7. The minimum Gasteiger partial charge on any atom is -0.497 e. The lowest BCUT2D eigenvalue weighted by atomic mass is 10.2. The summed E-state index contributed by atoms with van der Waals surface area (Å²) in [5, 5.41) is 3.47. The van der Waals surface area contributed by atoms with E-state index in [0.29, 0.717) is 34.1 Å². The SMILES string of the molecule is COc1ccc(NC(=O)CSCc2nc3sc(C)c(C)c3c(=O)[nH]2)c(OC)c1. The quantitative estimate of drug-likeness (QED) is 0.609. The van der Waals surface area contributed by atoms with Crippen LogP contribution in [-0.4, -0.2) is 35.8 Å². The van der Waals surface area contributed by atoms with E-state index in [1.807, 2.05) is 13.8 Å². The number of fused-ring (bicyclic) bond motifs is 1. The monoisotopic (exact) mass is 419 g/mol. The Labute approximate surface area is 170 Å². The van der Waals surface area contributed by atoms with Crippen molar-refractivity contribution in [1.29, 1.82) is 0 Å². The number of H-pyrrole nitrogens is 1. The standard InChI is InChI=1S/C19H21N3O4S2/c1-10-11(2)28-19-17(10)18(24)21-15(22-19)8-27-9-16(23)20-13-6-5-12(25-3)7-14(13)26-4/h5-7H,8-9H2,1-4H3,(H,20,23)(H,21,22,24). The van der Waals surface area contributed by atoms with Crippen molar-refractivity contribution in [1.82, 2.24) is 9.97 Å². The summed E-state index contributed by atoms with van der Waals surface area (Å²) in [7, 11) is 3.10. The van der Waals surface area contributed by atoms with Gasteiger partial charge >= 0.3 is 0 Å². The Balaban J connectivity index is 1.61. The zero-order valence-electron chi connectivity index (χ0n) is 16.0. The van der Waals surface area contributed by atoms with Crippen LogP contribution < -0.4 is 20.3 Å². The third-order valence-corrected chi connectivity index (χ3v) is 6.29. The van der Waals surface area contributed by atoms with Gasteiger partial charge in [-0.25, -0.2) is 4.98 Å². The molecule has 2 aromatic heterocycles. The molecule has 0 radical (unpaired) electrons. The van der Waals surface area contributed by atoms with Gasteiger partial charge in [0.1, 0.15) is 22.2 Å². The van der Waals surface area contributed by atoms with Crippen molar-refractivity contribution in [3.8, 4) is 11.5 Å². The first kappa shape index (κ1) is 20.2. The fourth-order valence-electron chi connectivity index (χ4n) is 2.70. The molecule has 148 valence electrons. The van der Waals surface area contributed by atoms with Gasteiger partial charge in [0.2, 0.25) is 5.91 Å². The maximum absolute atomic E-state index is 12.3. The second-order valence-corrected chi connectivity index (χ2v) is 8.27. The maximum Gasteiger partial charge on any atom is 0.259 e. The molecule has 0 unspecified atom stereocenters. The number of hydrogen-bond acceptors (Lipinski definition) is 7. The number of carbonyl (C=O) groups excluding carboxylic acids is 1. The Hall–Kier alpha value is -2.52. The van der Waals surface area contributed by atoms with Crippen molar-refractivity contribution < 1.29 is 14.3 Å². The highest BCUT2D eigenvalue weighted by Gasteiger charge is 2.13.